The number of nitrogens with zero attached hydrogens (tertiary/aromatic N) is 1. The number of hydrogen-bond acceptors (Lipinski definition) is 7. The standard InChI is InChI=1S/C17H22FNO6/c1-16(2,3)24-13(21)8-12(20)23-14-11(18)7-10(9-19-14)15(22)25-17(4,5)6/h7,9H,8H2,1-6H3. The van der Waals surface area contributed by atoms with Gasteiger partial charge in [-0.15, -0.1) is 0 Å². The largest absolute Gasteiger partial charge is 0.460 e. The molecule has 0 radical (unpaired) electrons. The van der Waals surface area contributed by atoms with E-state index in [0.717, 1.165) is 12.3 Å². The van der Waals surface area contributed by atoms with Crippen LogP contribution in [0, 0.1) is 5.82 Å². The first-order valence-electron chi connectivity index (χ1n) is 7.58. The molecule has 0 saturated carbocycles. The van der Waals surface area contributed by atoms with Gasteiger partial charge >= 0.3 is 17.9 Å². The fourth-order valence-electron chi connectivity index (χ4n) is 1.59. The molecule has 0 aliphatic rings. The molecule has 25 heavy (non-hydrogen) atoms. The van der Waals surface area contributed by atoms with E-state index in [1.807, 2.05) is 0 Å². The average Bonchev–Trinajstić information content (AvgIpc) is 2.36. The van der Waals surface area contributed by atoms with Crippen LogP contribution < -0.4 is 4.74 Å². The quantitative estimate of drug-likeness (QED) is 0.606. The summed E-state index contributed by atoms with van der Waals surface area (Å²) in [5, 5.41) is 0. The van der Waals surface area contributed by atoms with Crippen LogP contribution in [0.15, 0.2) is 12.3 Å². The smallest absolute Gasteiger partial charge is 0.340 e. The van der Waals surface area contributed by atoms with Crippen LogP contribution in [0.5, 0.6) is 5.88 Å². The SMILES string of the molecule is CC(C)(C)OC(=O)CC(=O)Oc1ncc(C(=O)OC(C)(C)C)cc1F. The Bertz CT molecular complexity index is 673. The Morgan fingerprint density at radius 3 is 2.04 bits per heavy atom. The second-order valence-electron chi connectivity index (χ2n) is 7.25. The number of halogens is 1. The van der Waals surface area contributed by atoms with Gasteiger partial charge in [-0.2, -0.15) is 0 Å². The van der Waals surface area contributed by atoms with Crippen molar-refractivity contribution in [1.82, 2.24) is 4.98 Å². The molecule has 1 heterocycles. The number of rotatable bonds is 4. The van der Waals surface area contributed by atoms with Crippen LogP contribution in [0.4, 0.5) is 4.39 Å². The molecule has 7 nitrogen and oxygen atoms in total. The molecule has 138 valence electrons. The molecule has 1 aromatic rings. The summed E-state index contributed by atoms with van der Waals surface area (Å²) >= 11 is 0. The number of pyridine rings is 1. The third-order valence-electron chi connectivity index (χ3n) is 2.36. The lowest BCUT2D eigenvalue weighted by atomic mass is 10.2. The number of ether oxygens (including phenoxy) is 3. The van der Waals surface area contributed by atoms with E-state index < -0.39 is 47.2 Å². The third-order valence-corrected chi connectivity index (χ3v) is 2.36. The van der Waals surface area contributed by atoms with Gasteiger partial charge < -0.3 is 14.2 Å². The molecule has 1 aromatic heterocycles. The molecule has 0 N–H and O–H groups in total. The summed E-state index contributed by atoms with van der Waals surface area (Å²) in [5.41, 5.74) is -1.62. The monoisotopic (exact) mass is 355 g/mol. The highest BCUT2D eigenvalue weighted by atomic mass is 19.1. The highest BCUT2D eigenvalue weighted by molar-refractivity contribution is 5.92. The van der Waals surface area contributed by atoms with Crippen molar-refractivity contribution in [3.8, 4) is 5.88 Å². The Morgan fingerprint density at radius 2 is 1.56 bits per heavy atom. The summed E-state index contributed by atoms with van der Waals surface area (Å²) in [4.78, 5) is 38.6. The molecule has 0 unspecified atom stereocenters. The maximum Gasteiger partial charge on any atom is 0.340 e. The zero-order valence-corrected chi connectivity index (χ0v) is 15.1. The van der Waals surface area contributed by atoms with Gasteiger partial charge in [0.25, 0.3) is 5.88 Å². The minimum Gasteiger partial charge on any atom is -0.460 e. The van der Waals surface area contributed by atoms with E-state index in [-0.39, 0.29) is 5.56 Å². The molecule has 0 spiro atoms. The zero-order chi connectivity index (χ0) is 19.4. The number of hydrogen-bond donors (Lipinski definition) is 0. The fourth-order valence-corrected chi connectivity index (χ4v) is 1.59. The van der Waals surface area contributed by atoms with E-state index in [0.29, 0.717) is 0 Å². The lowest BCUT2D eigenvalue weighted by Crippen LogP contribution is -2.26. The zero-order valence-electron chi connectivity index (χ0n) is 15.1. The topological polar surface area (TPSA) is 91.8 Å². The predicted molar refractivity (Wildman–Crippen MR) is 85.5 cm³/mol. The predicted octanol–water partition coefficient (Wildman–Crippen LogP) is 2.81. The molecule has 0 aliphatic heterocycles. The maximum atomic E-state index is 13.9. The van der Waals surface area contributed by atoms with Crippen LogP contribution >= 0.6 is 0 Å². The van der Waals surface area contributed by atoms with Crippen molar-refractivity contribution in [2.24, 2.45) is 0 Å². The number of carbonyl (C=O) groups excluding carboxylic acids is 3. The van der Waals surface area contributed by atoms with Crippen molar-refractivity contribution in [3.63, 3.8) is 0 Å². The Balaban J connectivity index is 2.73. The number of aromatic nitrogens is 1. The number of carbonyl (C=O) groups is 3. The van der Waals surface area contributed by atoms with Crippen LogP contribution in [0.3, 0.4) is 0 Å². The minimum absolute atomic E-state index is 0.126. The van der Waals surface area contributed by atoms with Gasteiger partial charge in [-0.1, -0.05) is 0 Å². The maximum absolute atomic E-state index is 13.9. The fraction of sp³-hybridized carbons (Fsp3) is 0.529. The molecule has 0 fully saturated rings. The van der Waals surface area contributed by atoms with Gasteiger partial charge in [-0.25, -0.2) is 14.2 Å². The van der Waals surface area contributed by atoms with Gasteiger partial charge in [-0.3, -0.25) is 9.59 Å². The van der Waals surface area contributed by atoms with Crippen LogP contribution in [0.2, 0.25) is 0 Å². The van der Waals surface area contributed by atoms with Gasteiger partial charge in [0.05, 0.1) is 5.56 Å². The summed E-state index contributed by atoms with van der Waals surface area (Å²) in [7, 11) is 0. The molecular formula is C17H22FNO6. The molecule has 0 aromatic carbocycles. The third kappa shape index (κ3) is 7.73. The van der Waals surface area contributed by atoms with Gasteiger partial charge in [0, 0.05) is 6.20 Å². The van der Waals surface area contributed by atoms with Crippen molar-refractivity contribution in [2.75, 3.05) is 0 Å². The second kappa shape index (κ2) is 7.58. The van der Waals surface area contributed by atoms with E-state index in [1.165, 1.54) is 0 Å². The first-order valence-corrected chi connectivity index (χ1v) is 7.58. The molecule has 0 aliphatic carbocycles. The van der Waals surface area contributed by atoms with Gasteiger partial charge in [0.1, 0.15) is 17.6 Å². The highest BCUT2D eigenvalue weighted by Crippen LogP contribution is 2.18. The molecular weight excluding hydrogens is 333 g/mol. The first kappa shape index (κ1) is 20.5. The molecule has 0 saturated heterocycles. The average molecular weight is 355 g/mol. The van der Waals surface area contributed by atoms with E-state index in [2.05, 4.69) is 9.72 Å². The molecule has 0 amide bonds. The van der Waals surface area contributed by atoms with Gasteiger partial charge in [-0.05, 0) is 47.6 Å². The van der Waals surface area contributed by atoms with Crippen LogP contribution in [0.25, 0.3) is 0 Å². The summed E-state index contributed by atoms with van der Waals surface area (Å²) < 4.78 is 28.7. The Labute approximate surface area is 145 Å². The summed E-state index contributed by atoms with van der Waals surface area (Å²) in [6, 6.07) is 0.844. The highest BCUT2D eigenvalue weighted by Gasteiger charge is 2.23. The number of esters is 3. The van der Waals surface area contributed by atoms with E-state index in [4.69, 9.17) is 9.47 Å². The normalized spacial score (nSPS) is 11.6. The van der Waals surface area contributed by atoms with Crippen LogP contribution in [-0.2, 0) is 19.1 Å². The van der Waals surface area contributed by atoms with Gasteiger partial charge in [0.15, 0.2) is 5.82 Å². The van der Waals surface area contributed by atoms with Crippen molar-refractivity contribution in [3.05, 3.63) is 23.6 Å². The Kier molecular flexibility index (Phi) is 6.23. The molecule has 0 bridgehead atoms. The molecule has 8 heteroatoms. The summed E-state index contributed by atoms with van der Waals surface area (Å²) in [5.74, 6) is -4.25. The molecule has 0 atom stereocenters. The summed E-state index contributed by atoms with van der Waals surface area (Å²) in [6.45, 7) is 9.94. The van der Waals surface area contributed by atoms with Crippen molar-refractivity contribution >= 4 is 17.9 Å². The van der Waals surface area contributed by atoms with Gasteiger partial charge in [0.2, 0.25) is 0 Å². The Hall–Kier alpha value is -2.51. The lowest BCUT2D eigenvalue weighted by molar-refractivity contribution is -0.159. The lowest BCUT2D eigenvalue weighted by Gasteiger charge is -2.19. The molecule has 1 rings (SSSR count). The van der Waals surface area contributed by atoms with Crippen LogP contribution in [-0.4, -0.2) is 34.1 Å². The van der Waals surface area contributed by atoms with Crippen LogP contribution in [0.1, 0.15) is 58.3 Å². The van der Waals surface area contributed by atoms with Crippen molar-refractivity contribution in [1.29, 1.82) is 0 Å². The van der Waals surface area contributed by atoms with E-state index in [1.54, 1.807) is 41.5 Å². The van der Waals surface area contributed by atoms with Crippen molar-refractivity contribution < 1.29 is 33.0 Å². The Morgan fingerprint density at radius 1 is 1.00 bits per heavy atom. The first-order chi connectivity index (χ1) is 11.3. The second-order valence-corrected chi connectivity index (χ2v) is 7.25. The summed E-state index contributed by atoms with van der Waals surface area (Å²) in [6.07, 6.45) is 0.333. The van der Waals surface area contributed by atoms with Crippen molar-refractivity contribution in [2.45, 2.75) is 59.2 Å². The minimum atomic E-state index is -1.03. The van der Waals surface area contributed by atoms with E-state index in [9.17, 15) is 18.8 Å². The van der Waals surface area contributed by atoms with E-state index >= 15 is 0 Å².